The molecule has 0 radical (unpaired) electrons. The lowest BCUT2D eigenvalue weighted by Crippen LogP contribution is -2.37. The van der Waals surface area contributed by atoms with Crippen molar-refractivity contribution in [3.05, 3.63) is 99.1 Å². The number of carbonyl (C=O) groups excluding carboxylic acids is 3. The highest BCUT2D eigenvalue weighted by Crippen LogP contribution is 2.39. The van der Waals surface area contributed by atoms with E-state index in [9.17, 15) is 24.5 Å². The molecule has 3 aromatic carbocycles. The third-order valence-electron chi connectivity index (χ3n) is 5.95. The van der Waals surface area contributed by atoms with Gasteiger partial charge in [0.2, 0.25) is 5.91 Å². The number of hydroxylamine groups is 1. The Morgan fingerprint density at radius 1 is 1.03 bits per heavy atom. The summed E-state index contributed by atoms with van der Waals surface area (Å²) in [5.74, 6) is -1.45. The third kappa shape index (κ3) is 5.32. The first-order chi connectivity index (χ1) is 18.3. The number of benzene rings is 3. The lowest BCUT2D eigenvalue weighted by molar-refractivity contribution is -0.385. The maximum atomic E-state index is 13.4. The predicted octanol–water partition coefficient (Wildman–Crippen LogP) is 3.98. The first-order valence-corrected chi connectivity index (χ1v) is 11.8. The number of nitro groups is 1. The maximum Gasteiger partial charge on any atom is 0.282 e. The summed E-state index contributed by atoms with van der Waals surface area (Å²) in [4.78, 5) is 56.8. The van der Waals surface area contributed by atoms with Gasteiger partial charge >= 0.3 is 0 Å². The number of fused-ring (bicyclic) bond motifs is 1. The van der Waals surface area contributed by atoms with Gasteiger partial charge in [-0.1, -0.05) is 42.5 Å². The van der Waals surface area contributed by atoms with Crippen molar-refractivity contribution in [2.24, 2.45) is 0 Å². The molecule has 38 heavy (non-hydrogen) atoms. The Morgan fingerprint density at radius 2 is 1.79 bits per heavy atom. The number of nitro benzene ring substituents is 1. The van der Waals surface area contributed by atoms with Crippen molar-refractivity contribution >= 4 is 23.4 Å². The summed E-state index contributed by atoms with van der Waals surface area (Å²) in [5.41, 5.74) is 2.67. The molecule has 0 saturated carbocycles. The molecule has 3 amide bonds. The van der Waals surface area contributed by atoms with Crippen molar-refractivity contribution in [1.29, 1.82) is 0 Å². The normalized spacial score (nSPS) is 13.2. The van der Waals surface area contributed by atoms with E-state index in [-0.39, 0.29) is 24.2 Å². The van der Waals surface area contributed by atoms with Crippen LogP contribution >= 0.6 is 0 Å². The topological polar surface area (TPSA) is 137 Å². The fraction of sp³-hybridized carbons (Fsp3) is 0.222. The van der Waals surface area contributed by atoms with Gasteiger partial charge in [-0.2, -0.15) is 0 Å². The predicted molar refractivity (Wildman–Crippen MR) is 134 cm³/mol. The number of ether oxygens (including phenoxy) is 2. The molecule has 11 nitrogen and oxygen atoms in total. The minimum absolute atomic E-state index is 0.103. The van der Waals surface area contributed by atoms with Crippen LogP contribution in [0.25, 0.3) is 0 Å². The number of rotatable bonds is 11. The lowest BCUT2D eigenvalue weighted by atomic mass is 10.0. The Hall–Kier alpha value is -4.77. The second-order valence-corrected chi connectivity index (χ2v) is 8.30. The number of imide groups is 1. The Bertz CT molecular complexity index is 1380. The van der Waals surface area contributed by atoms with Crippen LogP contribution in [0.15, 0.2) is 66.7 Å². The smallest absolute Gasteiger partial charge is 0.282 e. The number of nitrogens with one attached hydrogen (secondary N) is 1. The summed E-state index contributed by atoms with van der Waals surface area (Å²) in [6.45, 7) is 2.20. The van der Waals surface area contributed by atoms with E-state index in [1.54, 1.807) is 25.1 Å². The fourth-order valence-electron chi connectivity index (χ4n) is 4.24. The van der Waals surface area contributed by atoms with Crippen molar-refractivity contribution in [2.75, 3.05) is 13.7 Å². The fourth-order valence-corrected chi connectivity index (χ4v) is 4.24. The van der Waals surface area contributed by atoms with Gasteiger partial charge in [0, 0.05) is 6.07 Å². The molecule has 4 rings (SSSR count). The summed E-state index contributed by atoms with van der Waals surface area (Å²) in [6.07, 6.45) is -0.369. The van der Waals surface area contributed by atoms with Crippen molar-refractivity contribution in [1.82, 2.24) is 10.4 Å². The van der Waals surface area contributed by atoms with Gasteiger partial charge in [-0.05, 0) is 36.2 Å². The highest BCUT2D eigenvalue weighted by molar-refractivity contribution is 6.23. The quantitative estimate of drug-likeness (QED) is 0.228. The van der Waals surface area contributed by atoms with Crippen molar-refractivity contribution in [2.45, 2.75) is 26.0 Å². The number of hydrogen-bond acceptors (Lipinski definition) is 8. The first-order valence-electron chi connectivity index (χ1n) is 11.8. The number of amides is 3. The Kier molecular flexibility index (Phi) is 7.97. The van der Waals surface area contributed by atoms with Gasteiger partial charge in [0.1, 0.15) is 5.56 Å². The molecule has 0 fully saturated rings. The molecule has 0 aliphatic carbocycles. The van der Waals surface area contributed by atoms with E-state index in [0.29, 0.717) is 23.7 Å². The maximum absolute atomic E-state index is 13.4. The van der Waals surface area contributed by atoms with Gasteiger partial charge in [-0.15, -0.1) is 0 Å². The molecule has 0 saturated heterocycles. The number of nitrogens with zero attached hydrogens (tertiary/aromatic N) is 2. The SMILES string of the molecule is CCOc1cc(C(CC(=O)NOCc2ccccc2)N2C(=O)c3cccc([N+](=O)[O-])c3C2=O)ccc1OC. The Balaban J connectivity index is 1.66. The summed E-state index contributed by atoms with van der Waals surface area (Å²) >= 11 is 0. The molecule has 1 N–H and O–H groups in total. The van der Waals surface area contributed by atoms with E-state index in [0.717, 1.165) is 16.5 Å². The zero-order valence-corrected chi connectivity index (χ0v) is 20.7. The van der Waals surface area contributed by atoms with Crippen LogP contribution in [0.4, 0.5) is 5.69 Å². The van der Waals surface area contributed by atoms with Crippen LogP contribution in [-0.4, -0.2) is 41.3 Å². The molecule has 11 heteroatoms. The minimum Gasteiger partial charge on any atom is -0.493 e. The van der Waals surface area contributed by atoms with E-state index < -0.39 is 34.4 Å². The summed E-state index contributed by atoms with van der Waals surface area (Å²) in [6, 6.07) is 16.7. The van der Waals surface area contributed by atoms with Crippen molar-refractivity contribution < 1.29 is 33.6 Å². The van der Waals surface area contributed by atoms with Crippen molar-refractivity contribution in [3.8, 4) is 11.5 Å². The molecular weight excluding hydrogens is 494 g/mol. The molecule has 196 valence electrons. The Labute approximate surface area is 218 Å². The van der Waals surface area contributed by atoms with Gasteiger partial charge in [0.05, 0.1) is 43.3 Å². The second-order valence-electron chi connectivity index (χ2n) is 8.30. The van der Waals surface area contributed by atoms with Crippen LogP contribution < -0.4 is 15.0 Å². The van der Waals surface area contributed by atoms with E-state index in [1.807, 2.05) is 30.3 Å². The van der Waals surface area contributed by atoms with Crippen LogP contribution in [0, 0.1) is 10.1 Å². The molecular formula is C27H25N3O8. The third-order valence-corrected chi connectivity index (χ3v) is 5.95. The average Bonchev–Trinajstić information content (AvgIpc) is 3.17. The molecule has 1 aliphatic rings. The summed E-state index contributed by atoms with van der Waals surface area (Å²) < 4.78 is 11.0. The molecule has 0 spiro atoms. The van der Waals surface area contributed by atoms with Crippen LogP contribution in [0.2, 0.25) is 0 Å². The molecule has 1 atom stereocenters. The molecule has 3 aromatic rings. The standard InChI is InChI=1S/C27H25N3O8/c1-3-37-23-14-18(12-13-22(23)36-2)21(15-24(31)28-38-16-17-8-5-4-6-9-17)29-26(32)19-10-7-11-20(30(34)35)25(19)27(29)33/h4-14,21H,3,15-16H2,1-2H3,(H,28,31). The highest BCUT2D eigenvalue weighted by atomic mass is 16.7. The van der Waals surface area contributed by atoms with Crippen LogP contribution in [0.5, 0.6) is 11.5 Å². The van der Waals surface area contributed by atoms with E-state index in [4.69, 9.17) is 14.3 Å². The molecule has 1 unspecified atom stereocenters. The summed E-state index contributed by atoms with van der Waals surface area (Å²) in [5, 5.41) is 11.6. The number of methoxy groups -OCH3 is 1. The number of carbonyl (C=O) groups is 3. The number of hydrogen-bond donors (Lipinski definition) is 1. The average molecular weight is 520 g/mol. The van der Waals surface area contributed by atoms with E-state index in [1.165, 1.54) is 19.2 Å². The van der Waals surface area contributed by atoms with E-state index in [2.05, 4.69) is 5.48 Å². The Morgan fingerprint density at radius 3 is 2.47 bits per heavy atom. The molecule has 1 aliphatic heterocycles. The molecule has 1 heterocycles. The lowest BCUT2D eigenvalue weighted by Gasteiger charge is -2.27. The monoisotopic (exact) mass is 519 g/mol. The molecule has 0 bridgehead atoms. The second kappa shape index (κ2) is 11.5. The van der Waals surface area contributed by atoms with Gasteiger partial charge in [-0.3, -0.25) is 34.2 Å². The highest BCUT2D eigenvalue weighted by Gasteiger charge is 2.45. The van der Waals surface area contributed by atoms with Crippen LogP contribution in [-0.2, 0) is 16.2 Å². The molecule has 0 aromatic heterocycles. The minimum atomic E-state index is -1.12. The summed E-state index contributed by atoms with van der Waals surface area (Å²) in [7, 11) is 1.47. The van der Waals surface area contributed by atoms with Gasteiger partial charge < -0.3 is 9.47 Å². The van der Waals surface area contributed by atoms with Crippen molar-refractivity contribution in [3.63, 3.8) is 0 Å². The largest absolute Gasteiger partial charge is 0.493 e. The van der Waals surface area contributed by atoms with E-state index >= 15 is 0 Å². The van der Waals surface area contributed by atoms with Gasteiger partial charge in [0.25, 0.3) is 17.5 Å². The van der Waals surface area contributed by atoms with Gasteiger partial charge in [0.15, 0.2) is 11.5 Å². The zero-order chi connectivity index (χ0) is 27.2. The zero-order valence-electron chi connectivity index (χ0n) is 20.7. The van der Waals surface area contributed by atoms with Crippen LogP contribution in [0.1, 0.15) is 51.2 Å². The first kappa shape index (κ1) is 26.3. The van der Waals surface area contributed by atoms with Crippen LogP contribution in [0.3, 0.4) is 0 Å². The van der Waals surface area contributed by atoms with Gasteiger partial charge in [-0.25, -0.2) is 5.48 Å².